The largest absolute Gasteiger partial charge is 0.453 e. The second kappa shape index (κ2) is 12.2. The Kier molecular flexibility index (Phi) is 7.14. The molecule has 8 aromatic carbocycles. The summed E-state index contributed by atoms with van der Waals surface area (Å²) in [5, 5.41) is 2.44. The lowest BCUT2D eigenvalue weighted by Crippen LogP contribution is -2.15. The van der Waals surface area contributed by atoms with Crippen molar-refractivity contribution in [3.8, 4) is 33.8 Å². The zero-order valence-corrected chi connectivity index (χ0v) is 26.8. The maximum Gasteiger partial charge on any atom is 0.152 e. The number of rotatable bonds is 6. The van der Waals surface area contributed by atoms with Crippen molar-refractivity contribution in [2.75, 3.05) is 9.80 Å². The van der Waals surface area contributed by atoms with E-state index < -0.39 is 0 Å². The standard InChI is InChI=1S/C46H32N2O/c1-3-11-33(12-4-1)35-19-25-40(26-20-35)47(42-29-23-34-13-7-8-14-37(34)31-42)41-27-21-36(22-28-41)38-24-30-44-46(32-38)49-45-18-10-9-17-43(45)48(44)39-15-5-2-6-16-39/h1-32H. The van der Waals surface area contributed by atoms with Crippen LogP contribution in [0.4, 0.5) is 34.1 Å². The minimum absolute atomic E-state index is 0.834. The Morgan fingerprint density at radius 2 is 0.878 bits per heavy atom. The van der Waals surface area contributed by atoms with Gasteiger partial charge in [0, 0.05) is 22.7 Å². The first-order chi connectivity index (χ1) is 24.3. The predicted molar refractivity (Wildman–Crippen MR) is 204 cm³/mol. The molecule has 0 spiro atoms. The van der Waals surface area contributed by atoms with Gasteiger partial charge in [-0.3, -0.25) is 0 Å². The van der Waals surface area contributed by atoms with Crippen molar-refractivity contribution < 1.29 is 4.74 Å². The number of benzene rings is 8. The molecular weight excluding hydrogens is 597 g/mol. The van der Waals surface area contributed by atoms with Gasteiger partial charge in [0.2, 0.25) is 0 Å². The molecule has 3 heteroatoms. The van der Waals surface area contributed by atoms with Gasteiger partial charge in [-0.25, -0.2) is 0 Å². The van der Waals surface area contributed by atoms with Crippen LogP contribution < -0.4 is 14.5 Å². The molecular formula is C46H32N2O. The molecule has 0 unspecified atom stereocenters. The van der Waals surface area contributed by atoms with E-state index in [1.54, 1.807) is 0 Å². The van der Waals surface area contributed by atoms with Gasteiger partial charge in [0.15, 0.2) is 11.5 Å². The van der Waals surface area contributed by atoms with Gasteiger partial charge in [-0.15, -0.1) is 0 Å². The Morgan fingerprint density at radius 1 is 0.347 bits per heavy atom. The second-order valence-corrected chi connectivity index (χ2v) is 12.2. The van der Waals surface area contributed by atoms with E-state index in [0.717, 1.165) is 56.8 Å². The number of hydrogen-bond acceptors (Lipinski definition) is 3. The highest BCUT2D eigenvalue weighted by atomic mass is 16.5. The third-order valence-electron chi connectivity index (χ3n) is 9.22. The van der Waals surface area contributed by atoms with Gasteiger partial charge >= 0.3 is 0 Å². The average Bonchev–Trinajstić information content (AvgIpc) is 3.18. The van der Waals surface area contributed by atoms with Crippen molar-refractivity contribution >= 4 is 44.9 Å². The van der Waals surface area contributed by atoms with E-state index in [1.807, 2.05) is 18.2 Å². The van der Waals surface area contributed by atoms with Gasteiger partial charge in [0.1, 0.15) is 0 Å². The number of para-hydroxylation sites is 3. The van der Waals surface area contributed by atoms with Gasteiger partial charge in [-0.1, -0.05) is 121 Å². The third-order valence-corrected chi connectivity index (χ3v) is 9.22. The lowest BCUT2D eigenvalue weighted by Gasteiger charge is -2.33. The summed E-state index contributed by atoms with van der Waals surface area (Å²) in [5.74, 6) is 1.68. The van der Waals surface area contributed by atoms with Crippen LogP contribution in [0, 0.1) is 0 Å². The number of ether oxygens (including phenoxy) is 1. The number of nitrogens with zero attached hydrogens (tertiary/aromatic N) is 2. The summed E-state index contributed by atoms with van der Waals surface area (Å²) in [6, 6.07) is 68.5. The minimum Gasteiger partial charge on any atom is -0.453 e. The minimum atomic E-state index is 0.834. The maximum atomic E-state index is 6.50. The Morgan fingerprint density at radius 3 is 1.61 bits per heavy atom. The lowest BCUT2D eigenvalue weighted by atomic mass is 10.0. The Labute approximate surface area is 286 Å². The fourth-order valence-corrected chi connectivity index (χ4v) is 6.79. The summed E-state index contributed by atoms with van der Waals surface area (Å²) in [4.78, 5) is 4.60. The molecule has 1 aliphatic rings. The second-order valence-electron chi connectivity index (χ2n) is 12.2. The lowest BCUT2D eigenvalue weighted by molar-refractivity contribution is 0.477. The molecule has 0 bridgehead atoms. The van der Waals surface area contributed by atoms with Gasteiger partial charge < -0.3 is 14.5 Å². The van der Waals surface area contributed by atoms with E-state index in [0.29, 0.717) is 0 Å². The molecule has 0 aromatic heterocycles. The van der Waals surface area contributed by atoms with Crippen LogP contribution in [-0.2, 0) is 0 Å². The summed E-state index contributed by atoms with van der Waals surface area (Å²) >= 11 is 0. The van der Waals surface area contributed by atoms with Crippen LogP contribution in [0.3, 0.4) is 0 Å². The van der Waals surface area contributed by atoms with Crippen LogP contribution in [0.25, 0.3) is 33.0 Å². The summed E-state index contributed by atoms with van der Waals surface area (Å²) in [5.41, 5.74) is 11.1. The topological polar surface area (TPSA) is 15.7 Å². The SMILES string of the molecule is c1ccc(-c2ccc(N(c3ccc(-c4ccc5c(c4)Oc4ccccc4N5c4ccccc4)cc3)c3ccc4ccccc4c3)cc2)cc1. The maximum absolute atomic E-state index is 6.50. The smallest absolute Gasteiger partial charge is 0.152 e. The van der Waals surface area contributed by atoms with Crippen LogP contribution in [0.1, 0.15) is 0 Å². The van der Waals surface area contributed by atoms with Crippen molar-refractivity contribution in [2.24, 2.45) is 0 Å². The van der Waals surface area contributed by atoms with Crippen molar-refractivity contribution in [1.29, 1.82) is 0 Å². The fourth-order valence-electron chi connectivity index (χ4n) is 6.79. The number of hydrogen-bond donors (Lipinski definition) is 0. The van der Waals surface area contributed by atoms with Crippen LogP contribution in [0.5, 0.6) is 11.5 Å². The average molecular weight is 629 g/mol. The fraction of sp³-hybridized carbons (Fsp3) is 0. The predicted octanol–water partition coefficient (Wildman–Crippen LogP) is 13.2. The van der Waals surface area contributed by atoms with Crippen molar-refractivity contribution in [3.05, 3.63) is 194 Å². The van der Waals surface area contributed by atoms with Crippen LogP contribution in [0.15, 0.2) is 194 Å². The first-order valence-corrected chi connectivity index (χ1v) is 16.6. The molecule has 0 saturated heterocycles. The van der Waals surface area contributed by atoms with E-state index in [4.69, 9.17) is 4.74 Å². The van der Waals surface area contributed by atoms with E-state index in [1.165, 1.54) is 21.9 Å². The molecule has 9 rings (SSSR count). The number of fused-ring (bicyclic) bond motifs is 3. The number of anilines is 6. The normalized spacial score (nSPS) is 11.8. The molecule has 0 aliphatic carbocycles. The Balaban J connectivity index is 1.09. The van der Waals surface area contributed by atoms with Gasteiger partial charge in [0.25, 0.3) is 0 Å². The molecule has 0 fully saturated rings. The monoisotopic (exact) mass is 628 g/mol. The van der Waals surface area contributed by atoms with E-state index in [-0.39, 0.29) is 0 Å². The Hall–Kier alpha value is -6.58. The molecule has 8 aromatic rings. The first kappa shape index (κ1) is 28.6. The molecule has 1 aliphatic heterocycles. The summed E-state index contributed by atoms with van der Waals surface area (Å²) < 4.78 is 6.50. The molecule has 0 N–H and O–H groups in total. The van der Waals surface area contributed by atoms with Crippen LogP contribution in [0.2, 0.25) is 0 Å². The van der Waals surface area contributed by atoms with Crippen molar-refractivity contribution in [3.63, 3.8) is 0 Å². The first-order valence-electron chi connectivity index (χ1n) is 16.6. The van der Waals surface area contributed by atoms with Crippen LogP contribution >= 0.6 is 0 Å². The summed E-state index contributed by atoms with van der Waals surface area (Å²) in [7, 11) is 0. The molecule has 0 amide bonds. The van der Waals surface area contributed by atoms with Gasteiger partial charge in [-0.05, 0) is 106 Å². The quantitative estimate of drug-likeness (QED) is 0.182. The molecule has 232 valence electrons. The molecule has 0 radical (unpaired) electrons. The highest BCUT2D eigenvalue weighted by Gasteiger charge is 2.26. The highest BCUT2D eigenvalue weighted by Crippen LogP contribution is 2.51. The molecule has 49 heavy (non-hydrogen) atoms. The van der Waals surface area contributed by atoms with Gasteiger partial charge in [0.05, 0.1) is 11.4 Å². The third kappa shape index (κ3) is 5.38. The van der Waals surface area contributed by atoms with Crippen LogP contribution in [-0.4, -0.2) is 0 Å². The molecule has 0 atom stereocenters. The van der Waals surface area contributed by atoms with E-state index >= 15 is 0 Å². The van der Waals surface area contributed by atoms with E-state index in [9.17, 15) is 0 Å². The van der Waals surface area contributed by atoms with Gasteiger partial charge in [-0.2, -0.15) is 0 Å². The molecule has 3 nitrogen and oxygen atoms in total. The zero-order chi connectivity index (χ0) is 32.6. The summed E-state index contributed by atoms with van der Waals surface area (Å²) in [6.07, 6.45) is 0. The molecule has 0 saturated carbocycles. The van der Waals surface area contributed by atoms with E-state index in [2.05, 4.69) is 186 Å². The van der Waals surface area contributed by atoms with Crippen molar-refractivity contribution in [1.82, 2.24) is 0 Å². The molecule has 1 heterocycles. The van der Waals surface area contributed by atoms with Crippen molar-refractivity contribution in [2.45, 2.75) is 0 Å². The highest BCUT2D eigenvalue weighted by molar-refractivity contribution is 5.91. The Bertz CT molecular complexity index is 2400. The zero-order valence-electron chi connectivity index (χ0n) is 26.8. The summed E-state index contributed by atoms with van der Waals surface area (Å²) in [6.45, 7) is 0.